The maximum absolute atomic E-state index is 14.5. The van der Waals surface area contributed by atoms with Crippen molar-refractivity contribution in [1.29, 1.82) is 5.26 Å². The van der Waals surface area contributed by atoms with E-state index in [1.807, 2.05) is 29.0 Å². The minimum absolute atomic E-state index is 0.0836. The summed E-state index contributed by atoms with van der Waals surface area (Å²) in [6.45, 7) is 2.08. The van der Waals surface area contributed by atoms with Gasteiger partial charge in [0, 0.05) is 55.2 Å². The van der Waals surface area contributed by atoms with Crippen LogP contribution in [0.4, 0.5) is 20.7 Å². The maximum Gasteiger partial charge on any atom is 0.407 e. The predicted octanol–water partition coefficient (Wildman–Crippen LogP) is 5.05. The van der Waals surface area contributed by atoms with Gasteiger partial charge in [-0.25, -0.2) is 14.2 Å². The standard InChI is InChI=1S/C31H30ClFN8O3/c32-28-22(33)5-4-19-2-1-3-25(27(19)28)38-12-9-21-23(17-38)36-30(44-26-7-6-24(26)40-13-11-35-18-40)37-29(21)39-14-15-41(31(42)43)20(16-39)8-10-34/h1-5,11,13,18,20,24,26H,6-9,12,14-17H2,(H,42,43)/t20-,24?,26?/m0/s1. The summed E-state index contributed by atoms with van der Waals surface area (Å²) < 4.78 is 23.0. The molecule has 2 aromatic carbocycles. The molecule has 1 saturated heterocycles. The molecular weight excluding hydrogens is 587 g/mol. The zero-order valence-electron chi connectivity index (χ0n) is 23.8. The molecule has 2 aromatic heterocycles. The molecule has 3 atom stereocenters. The first-order chi connectivity index (χ1) is 21.4. The molecule has 2 aliphatic heterocycles. The van der Waals surface area contributed by atoms with E-state index in [0.717, 1.165) is 35.2 Å². The van der Waals surface area contributed by atoms with E-state index in [9.17, 15) is 19.6 Å². The fraction of sp³-hybridized carbons (Fsp3) is 0.387. The monoisotopic (exact) mass is 616 g/mol. The molecule has 7 rings (SSSR count). The van der Waals surface area contributed by atoms with Crippen LogP contribution in [0.25, 0.3) is 10.8 Å². The third-order valence-electron chi connectivity index (χ3n) is 8.97. The lowest BCUT2D eigenvalue weighted by Gasteiger charge is -2.41. The van der Waals surface area contributed by atoms with Crippen LogP contribution in [-0.2, 0) is 13.0 Å². The van der Waals surface area contributed by atoms with Crippen LogP contribution in [0.2, 0.25) is 5.02 Å². The topological polar surface area (TPSA) is 124 Å². The third kappa shape index (κ3) is 5.01. The number of hydrogen-bond acceptors (Lipinski definition) is 8. The van der Waals surface area contributed by atoms with Gasteiger partial charge < -0.3 is 29.1 Å². The van der Waals surface area contributed by atoms with E-state index in [4.69, 9.17) is 26.3 Å². The Bertz CT molecular complexity index is 1760. The van der Waals surface area contributed by atoms with Crippen molar-refractivity contribution in [3.63, 3.8) is 0 Å². The van der Waals surface area contributed by atoms with Gasteiger partial charge in [0.05, 0.1) is 48.2 Å². The number of benzene rings is 2. The van der Waals surface area contributed by atoms with Crippen molar-refractivity contribution in [3.8, 4) is 12.1 Å². The molecule has 226 valence electrons. The van der Waals surface area contributed by atoms with Crippen LogP contribution in [0.15, 0.2) is 49.1 Å². The number of fused-ring (bicyclic) bond motifs is 2. The lowest BCUT2D eigenvalue weighted by molar-refractivity contribution is 0.0452. The molecule has 1 saturated carbocycles. The molecule has 0 spiro atoms. The summed E-state index contributed by atoms with van der Waals surface area (Å²) in [5.41, 5.74) is 2.57. The lowest BCUT2D eigenvalue weighted by Crippen LogP contribution is -2.55. The van der Waals surface area contributed by atoms with E-state index < -0.39 is 18.0 Å². The highest BCUT2D eigenvalue weighted by Gasteiger charge is 2.37. The van der Waals surface area contributed by atoms with E-state index in [1.54, 1.807) is 18.6 Å². The first kappa shape index (κ1) is 28.2. The highest BCUT2D eigenvalue weighted by Crippen LogP contribution is 2.39. The molecular formula is C31H30ClFN8O3. The molecule has 2 fully saturated rings. The van der Waals surface area contributed by atoms with Gasteiger partial charge in [-0.1, -0.05) is 29.8 Å². The fourth-order valence-corrected chi connectivity index (χ4v) is 6.84. The molecule has 0 radical (unpaired) electrons. The Labute approximate surface area is 258 Å². The Balaban J connectivity index is 1.25. The van der Waals surface area contributed by atoms with Crippen LogP contribution in [0.5, 0.6) is 6.01 Å². The Morgan fingerprint density at radius 3 is 2.80 bits per heavy atom. The predicted molar refractivity (Wildman–Crippen MR) is 162 cm³/mol. The number of rotatable bonds is 6. The number of imidazole rings is 1. The number of piperazine rings is 1. The molecule has 4 heterocycles. The first-order valence-electron chi connectivity index (χ1n) is 14.7. The molecule has 0 bridgehead atoms. The Morgan fingerprint density at radius 1 is 1.16 bits per heavy atom. The van der Waals surface area contributed by atoms with Crippen molar-refractivity contribution in [1.82, 2.24) is 24.4 Å². The lowest BCUT2D eigenvalue weighted by atomic mass is 9.89. The van der Waals surface area contributed by atoms with Crippen LogP contribution >= 0.6 is 11.6 Å². The van der Waals surface area contributed by atoms with Crippen molar-refractivity contribution in [2.45, 2.75) is 50.4 Å². The highest BCUT2D eigenvalue weighted by molar-refractivity contribution is 6.36. The molecule has 44 heavy (non-hydrogen) atoms. The molecule has 1 aliphatic carbocycles. The van der Waals surface area contributed by atoms with Gasteiger partial charge in [0.1, 0.15) is 17.7 Å². The number of carbonyl (C=O) groups is 1. The number of nitriles is 1. The molecule has 1 N–H and O–H groups in total. The fourth-order valence-electron chi connectivity index (χ4n) is 6.57. The Morgan fingerprint density at radius 2 is 2.05 bits per heavy atom. The van der Waals surface area contributed by atoms with Crippen LogP contribution in [0.3, 0.4) is 0 Å². The highest BCUT2D eigenvalue weighted by atomic mass is 35.5. The van der Waals surface area contributed by atoms with E-state index in [1.165, 1.54) is 11.0 Å². The molecule has 1 amide bonds. The van der Waals surface area contributed by atoms with Crippen LogP contribution in [-0.4, -0.2) is 73.9 Å². The smallest absolute Gasteiger partial charge is 0.407 e. The second-order valence-electron chi connectivity index (χ2n) is 11.4. The molecule has 2 unspecified atom stereocenters. The van der Waals surface area contributed by atoms with Crippen molar-refractivity contribution >= 4 is 40.0 Å². The van der Waals surface area contributed by atoms with E-state index >= 15 is 0 Å². The van der Waals surface area contributed by atoms with Crippen molar-refractivity contribution in [2.75, 3.05) is 36.0 Å². The SMILES string of the molecule is N#CC[C@H]1CN(c2nc(OC3CCC3n3ccnc3)nc3c2CCN(c2cccc4ccc(F)c(Cl)c24)C3)CCN1C(=O)O. The van der Waals surface area contributed by atoms with Crippen molar-refractivity contribution < 1.29 is 19.0 Å². The van der Waals surface area contributed by atoms with E-state index in [-0.39, 0.29) is 36.1 Å². The van der Waals surface area contributed by atoms with E-state index in [0.29, 0.717) is 43.8 Å². The zero-order valence-corrected chi connectivity index (χ0v) is 24.6. The maximum atomic E-state index is 14.5. The molecule has 11 nitrogen and oxygen atoms in total. The quantitative estimate of drug-likeness (QED) is 0.317. The first-order valence-corrected chi connectivity index (χ1v) is 15.1. The van der Waals surface area contributed by atoms with Crippen LogP contribution in [0, 0.1) is 17.1 Å². The number of amides is 1. The summed E-state index contributed by atoms with van der Waals surface area (Å²) in [6, 6.07) is 10.9. The molecule has 4 aromatic rings. The van der Waals surface area contributed by atoms with Gasteiger partial charge >= 0.3 is 12.1 Å². The van der Waals surface area contributed by atoms with Crippen LogP contribution < -0.4 is 14.5 Å². The number of carboxylic acid groups (broad SMARTS) is 1. The average Bonchev–Trinajstić information content (AvgIpc) is 3.54. The Hall–Kier alpha value is -4.63. The van der Waals surface area contributed by atoms with Gasteiger partial charge in [0.15, 0.2) is 0 Å². The second kappa shape index (κ2) is 11.5. The number of anilines is 2. The minimum Gasteiger partial charge on any atom is -0.465 e. The Kier molecular flexibility index (Phi) is 7.34. The third-order valence-corrected chi connectivity index (χ3v) is 9.34. The number of halogens is 2. The number of hydrogen-bond donors (Lipinski definition) is 1. The average molecular weight is 617 g/mol. The van der Waals surface area contributed by atoms with Gasteiger partial charge in [-0.05, 0) is 36.8 Å². The normalized spacial score (nSPS) is 21.5. The molecule has 3 aliphatic rings. The van der Waals surface area contributed by atoms with Crippen LogP contribution in [0.1, 0.15) is 36.6 Å². The van der Waals surface area contributed by atoms with Gasteiger partial charge in [-0.3, -0.25) is 0 Å². The van der Waals surface area contributed by atoms with Gasteiger partial charge in [-0.15, -0.1) is 0 Å². The zero-order chi connectivity index (χ0) is 30.4. The summed E-state index contributed by atoms with van der Waals surface area (Å²) in [6.07, 6.45) is 6.80. The van der Waals surface area contributed by atoms with Gasteiger partial charge in [0.25, 0.3) is 0 Å². The summed E-state index contributed by atoms with van der Waals surface area (Å²) in [5, 5.41) is 20.7. The van der Waals surface area contributed by atoms with Crippen molar-refractivity contribution in [3.05, 3.63) is 71.2 Å². The van der Waals surface area contributed by atoms with E-state index in [2.05, 4.69) is 20.9 Å². The summed E-state index contributed by atoms with van der Waals surface area (Å²) >= 11 is 6.48. The van der Waals surface area contributed by atoms with Gasteiger partial charge in [-0.2, -0.15) is 15.2 Å². The number of aromatic nitrogens is 4. The summed E-state index contributed by atoms with van der Waals surface area (Å²) in [5.74, 6) is 0.239. The second-order valence-corrected chi connectivity index (χ2v) is 11.8. The summed E-state index contributed by atoms with van der Waals surface area (Å²) in [4.78, 5) is 31.4. The number of nitrogens with zero attached hydrogens (tertiary/aromatic N) is 8. The van der Waals surface area contributed by atoms with Gasteiger partial charge in [0.2, 0.25) is 0 Å². The van der Waals surface area contributed by atoms with Crippen molar-refractivity contribution in [2.24, 2.45) is 0 Å². The minimum atomic E-state index is -1.03. The largest absolute Gasteiger partial charge is 0.465 e. The number of ether oxygens (including phenoxy) is 1. The molecule has 13 heteroatoms. The summed E-state index contributed by atoms with van der Waals surface area (Å²) in [7, 11) is 0.